The van der Waals surface area contributed by atoms with Gasteiger partial charge < -0.3 is 4.74 Å². The molecule has 102 valence electrons. The summed E-state index contributed by atoms with van der Waals surface area (Å²) in [5.74, 6) is 0.829. The Bertz CT molecular complexity index is 667. The van der Waals surface area contributed by atoms with Gasteiger partial charge >= 0.3 is 0 Å². The molecule has 2 rings (SSSR count). The molecule has 0 bridgehead atoms. The highest BCUT2D eigenvalue weighted by Crippen LogP contribution is 2.20. The minimum absolute atomic E-state index is 0.260. The molecule has 5 heteroatoms. The molecular weight excluding hydrogens is 294 g/mol. The Labute approximate surface area is 125 Å². The van der Waals surface area contributed by atoms with E-state index in [0.29, 0.717) is 27.0 Å². The monoisotopic (exact) mass is 305 g/mol. The first-order valence-corrected chi connectivity index (χ1v) is 7.67. The molecule has 20 heavy (non-hydrogen) atoms. The molecule has 0 radical (unpaired) electrons. The van der Waals surface area contributed by atoms with Gasteiger partial charge in [-0.15, -0.1) is 0 Å². The molecule has 0 saturated carbocycles. The van der Waals surface area contributed by atoms with Crippen LogP contribution in [0.5, 0.6) is 5.75 Å². The molecule has 1 atom stereocenters. The van der Waals surface area contributed by atoms with Gasteiger partial charge in [-0.1, -0.05) is 35.9 Å². The zero-order valence-electron chi connectivity index (χ0n) is 10.6. The van der Waals surface area contributed by atoms with E-state index in [1.165, 1.54) is 0 Å². The normalized spacial score (nSPS) is 11.6. The SMILES string of the molecule is N#Cc1ccccc1OCCS(=O)c1ccccc1Cl. The number of nitriles is 1. The average Bonchev–Trinajstić information content (AvgIpc) is 2.48. The van der Waals surface area contributed by atoms with E-state index >= 15 is 0 Å². The van der Waals surface area contributed by atoms with Crippen molar-refractivity contribution >= 4 is 22.4 Å². The fourth-order valence-electron chi connectivity index (χ4n) is 1.65. The van der Waals surface area contributed by atoms with Crippen LogP contribution in [0.15, 0.2) is 53.4 Å². The van der Waals surface area contributed by atoms with Gasteiger partial charge in [0, 0.05) is 0 Å². The van der Waals surface area contributed by atoms with Gasteiger partial charge in [0.05, 0.1) is 32.0 Å². The highest BCUT2D eigenvalue weighted by molar-refractivity contribution is 7.85. The number of ether oxygens (including phenoxy) is 1. The number of halogens is 1. The lowest BCUT2D eigenvalue weighted by Crippen LogP contribution is -2.09. The van der Waals surface area contributed by atoms with E-state index in [2.05, 4.69) is 6.07 Å². The maximum atomic E-state index is 12.1. The number of benzene rings is 2. The zero-order valence-corrected chi connectivity index (χ0v) is 12.2. The second-order valence-corrected chi connectivity index (χ2v) is 5.88. The third-order valence-electron chi connectivity index (χ3n) is 2.62. The fourth-order valence-corrected chi connectivity index (χ4v) is 3.02. The summed E-state index contributed by atoms with van der Waals surface area (Å²) < 4.78 is 17.6. The lowest BCUT2D eigenvalue weighted by atomic mass is 10.2. The molecule has 0 aromatic heterocycles. The Kier molecular flexibility index (Phi) is 5.16. The molecule has 2 aromatic carbocycles. The van der Waals surface area contributed by atoms with Crippen molar-refractivity contribution in [1.82, 2.24) is 0 Å². The van der Waals surface area contributed by atoms with Crippen LogP contribution >= 0.6 is 11.6 Å². The van der Waals surface area contributed by atoms with Crippen molar-refractivity contribution in [2.24, 2.45) is 0 Å². The molecule has 0 saturated heterocycles. The first-order chi connectivity index (χ1) is 9.72. The summed E-state index contributed by atoms with van der Waals surface area (Å²) >= 11 is 5.99. The predicted octanol–water partition coefficient (Wildman–Crippen LogP) is 3.40. The van der Waals surface area contributed by atoms with Crippen LogP contribution in [0.2, 0.25) is 5.02 Å². The van der Waals surface area contributed by atoms with E-state index < -0.39 is 10.8 Å². The van der Waals surface area contributed by atoms with Crippen molar-refractivity contribution in [3.63, 3.8) is 0 Å². The maximum absolute atomic E-state index is 12.1. The summed E-state index contributed by atoms with van der Waals surface area (Å²) in [5, 5.41) is 9.42. The summed E-state index contributed by atoms with van der Waals surface area (Å²) in [7, 11) is -1.22. The molecule has 0 N–H and O–H groups in total. The number of para-hydroxylation sites is 1. The first-order valence-electron chi connectivity index (χ1n) is 5.97. The van der Waals surface area contributed by atoms with E-state index in [1.54, 1.807) is 48.5 Å². The highest BCUT2D eigenvalue weighted by Gasteiger charge is 2.09. The number of hydrogen-bond acceptors (Lipinski definition) is 3. The van der Waals surface area contributed by atoms with E-state index in [9.17, 15) is 4.21 Å². The largest absolute Gasteiger partial charge is 0.491 e. The quantitative estimate of drug-likeness (QED) is 0.850. The van der Waals surface area contributed by atoms with Gasteiger partial charge in [-0.2, -0.15) is 5.26 Å². The molecule has 1 unspecified atom stereocenters. The molecule has 0 amide bonds. The van der Waals surface area contributed by atoms with Crippen molar-refractivity contribution in [2.75, 3.05) is 12.4 Å². The van der Waals surface area contributed by atoms with Crippen molar-refractivity contribution < 1.29 is 8.95 Å². The first kappa shape index (κ1) is 14.6. The maximum Gasteiger partial charge on any atom is 0.137 e. The molecular formula is C15H12ClNO2S. The smallest absolute Gasteiger partial charge is 0.137 e. The number of hydrogen-bond donors (Lipinski definition) is 0. The Morgan fingerprint density at radius 1 is 1.15 bits per heavy atom. The van der Waals surface area contributed by atoms with Crippen LogP contribution in [0.1, 0.15) is 5.56 Å². The molecule has 0 aliphatic rings. The van der Waals surface area contributed by atoms with Crippen molar-refractivity contribution in [1.29, 1.82) is 5.26 Å². The number of nitrogens with zero attached hydrogens (tertiary/aromatic N) is 1. The van der Waals surface area contributed by atoms with Gasteiger partial charge in [0.1, 0.15) is 18.4 Å². The standard InChI is InChI=1S/C15H12ClNO2S/c16-13-6-2-4-8-15(13)20(18)10-9-19-14-7-3-1-5-12(14)11-17/h1-8H,9-10H2. The molecule has 3 nitrogen and oxygen atoms in total. The zero-order chi connectivity index (χ0) is 14.4. The lowest BCUT2D eigenvalue weighted by Gasteiger charge is -2.08. The Morgan fingerprint density at radius 2 is 1.85 bits per heavy atom. The molecule has 0 fully saturated rings. The van der Waals surface area contributed by atoms with E-state index in [0.717, 1.165) is 0 Å². The minimum Gasteiger partial charge on any atom is -0.491 e. The molecule has 0 aliphatic carbocycles. The van der Waals surface area contributed by atoms with Gasteiger partial charge in [0.15, 0.2) is 0 Å². The summed E-state index contributed by atoms with van der Waals surface area (Å²) in [6, 6.07) is 16.1. The van der Waals surface area contributed by atoms with Crippen molar-refractivity contribution in [3.8, 4) is 11.8 Å². The fraction of sp³-hybridized carbons (Fsp3) is 0.133. The van der Waals surface area contributed by atoms with Crippen LogP contribution in [0.3, 0.4) is 0 Å². The van der Waals surface area contributed by atoms with Crippen LogP contribution in [-0.2, 0) is 10.8 Å². The Morgan fingerprint density at radius 3 is 2.60 bits per heavy atom. The highest BCUT2D eigenvalue weighted by atomic mass is 35.5. The predicted molar refractivity (Wildman–Crippen MR) is 79.4 cm³/mol. The van der Waals surface area contributed by atoms with Crippen LogP contribution < -0.4 is 4.74 Å². The third-order valence-corrected chi connectivity index (χ3v) is 4.44. The van der Waals surface area contributed by atoms with Gasteiger partial charge in [-0.25, -0.2) is 0 Å². The Hall–Kier alpha value is -1.83. The van der Waals surface area contributed by atoms with Gasteiger partial charge in [0.2, 0.25) is 0 Å². The van der Waals surface area contributed by atoms with Crippen LogP contribution in [-0.4, -0.2) is 16.6 Å². The average molecular weight is 306 g/mol. The summed E-state index contributed by atoms with van der Waals surface area (Å²) in [6.45, 7) is 0.260. The molecule has 0 aliphatic heterocycles. The van der Waals surface area contributed by atoms with E-state index in [4.69, 9.17) is 21.6 Å². The Balaban J connectivity index is 1.95. The third kappa shape index (κ3) is 3.60. The summed E-state index contributed by atoms with van der Waals surface area (Å²) in [6.07, 6.45) is 0. The molecule has 0 heterocycles. The van der Waals surface area contributed by atoms with Crippen molar-refractivity contribution in [2.45, 2.75) is 4.90 Å². The van der Waals surface area contributed by atoms with Crippen molar-refractivity contribution in [3.05, 3.63) is 59.1 Å². The van der Waals surface area contributed by atoms with E-state index in [-0.39, 0.29) is 6.61 Å². The second-order valence-electron chi connectivity index (χ2n) is 3.94. The van der Waals surface area contributed by atoms with Crippen LogP contribution in [0.25, 0.3) is 0 Å². The van der Waals surface area contributed by atoms with Crippen LogP contribution in [0, 0.1) is 11.3 Å². The van der Waals surface area contributed by atoms with Gasteiger partial charge in [-0.05, 0) is 24.3 Å². The number of rotatable bonds is 5. The second kappa shape index (κ2) is 7.09. The van der Waals surface area contributed by atoms with Crippen LogP contribution in [0.4, 0.5) is 0 Å². The van der Waals surface area contributed by atoms with E-state index in [1.807, 2.05) is 0 Å². The summed E-state index contributed by atoms with van der Waals surface area (Å²) in [5.41, 5.74) is 0.469. The minimum atomic E-state index is -1.22. The summed E-state index contributed by atoms with van der Waals surface area (Å²) in [4.78, 5) is 0.603. The van der Waals surface area contributed by atoms with Gasteiger partial charge in [-0.3, -0.25) is 4.21 Å². The lowest BCUT2D eigenvalue weighted by molar-refractivity contribution is 0.341. The molecule has 0 spiro atoms. The topological polar surface area (TPSA) is 50.1 Å². The molecule has 2 aromatic rings. The van der Waals surface area contributed by atoms with Gasteiger partial charge in [0.25, 0.3) is 0 Å².